The lowest BCUT2D eigenvalue weighted by Crippen LogP contribution is -2.25. The molecule has 3 heterocycles. The number of rotatable bonds is 4. The Morgan fingerprint density at radius 2 is 1.73 bits per heavy atom. The number of carbonyl (C=O) groups is 2. The molecule has 0 spiro atoms. The van der Waals surface area contributed by atoms with E-state index in [0.717, 1.165) is 48.1 Å². The highest BCUT2D eigenvalue weighted by molar-refractivity contribution is 5.98. The van der Waals surface area contributed by atoms with E-state index in [4.69, 9.17) is 18.9 Å². The number of nitrogens with zero attached hydrogens (tertiary/aromatic N) is 2. The molecule has 2 fully saturated rings. The number of benzene rings is 2. The standard InChI is InChI=1S/C13H15NO3.C12H15NO3/c1-8-6-14(13(15)9(8)2)10-3-4-11-12(5-10)17-7-16-11;1-15-9-5-6-11(16-2)10(8-9)13-7-3-4-12(13)14/h3-5,8-9H,6-7H2,1-2H3;5-6,8H,3-4,7H2,1-2H3. The summed E-state index contributed by atoms with van der Waals surface area (Å²) in [6.45, 7) is 5.89. The molecule has 2 unspecified atom stereocenters. The van der Waals surface area contributed by atoms with Crippen molar-refractivity contribution in [2.45, 2.75) is 26.7 Å². The van der Waals surface area contributed by atoms with Gasteiger partial charge in [-0.1, -0.05) is 13.8 Å². The molecule has 2 saturated heterocycles. The summed E-state index contributed by atoms with van der Waals surface area (Å²) in [6.07, 6.45) is 1.51. The maximum atomic E-state index is 12.1. The van der Waals surface area contributed by atoms with Crippen LogP contribution in [-0.4, -0.2) is 45.9 Å². The Balaban J connectivity index is 0.000000157. The summed E-state index contributed by atoms with van der Waals surface area (Å²) in [5, 5.41) is 0. The Bertz CT molecular complexity index is 1040. The third-order valence-corrected chi connectivity index (χ3v) is 6.40. The van der Waals surface area contributed by atoms with Crippen molar-refractivity contribution in [3.05, 3.63) is 36.4 Å². The van der Waals surface area contributed by atoms with Crippen LogP contribution >= 0.6 is 0 Å². The largest absolute Gasteiger partial charge is 0.497 e. The SMILES string of the molecule is CC1CN(c2ccc3c(c2)OCO3)C(=O)C1C.COc1ccc(OC)c(N2CCCC2=O)c1. The molecule has 33 heavy (non-hydrogen) atoms. The zero-order valence-electron chi connectivity index (χ0n) is 19.5. The molecule has 0 radical (unpaired) electrons. The Morgan fingerprint density at radius 3 is 2.36 bits per heavy atom. The van der Waals surface area contributed by atoms with Crippen LogP contribution in [0.5, 0.6) is 23.0 Å². The molecule has 3 aliphatic rings. The zero-order valence-corrected chi connectivity index (χ0v) is 19.5. The van der Waals surface area contributed by atoms with Crippen molar-refractivity contribution in [2.24, 2.45) is 11.8 Å². The first kappa shape index (κ1) is 22.8. The van der Waals surface area contributed by atoms with Crippen molar-refractivity contribution in [3.8, 4) is 23.0 Å². The zero-order chi connectivity index (χ0) is 23.5. The van der Waals surface area contributed by atoms with E-state index >= 15 is 0 Å². The Morgan fingerprint density at radius 1 is 0.939 bits per heavy atom. The lowest BCUT2D eigenvalue weighted by Gasteiger charge is -2.19. The van der Waals surface area contributed by atoms with Crippen molar-refractivity contribution >= 4 is 23.2 Å². The fraction of sp³-hybridized carbons (Fsp3) is 0.440. The molecule has 2 aromatic carbocycles. The van der Waals surface area contributed by atoms with E-state index in [0.29, 0.717) is 18.1 Å². The number of hydrogen-bond donors (Lipinski definition) is 0. The van der Waals surface area contributed by atoms with Crippen molar-refractivity contribution in [2.75, 3.05) is 43.9 Å². The molecule has 2 amide bonds. The van der Waals surface area contributed by atoms with E-state index in [1.165, 1.54) is 0 Å². The van der Waals surface area contributed by atoms with Gasteiger partial charge in [0, 0.05) is 43.2 Å². The van der Waals surface area contributed by atoms with Gasteiger partial charge in [0.1, 0.15) is 11.5 Å². The summed E-state index contributed by atoms with van der Waals surface area (Å²) in [5.41, 5.74) is 1.69. The van der Waals surface area contributed by atoms with Gasteiger partial charge in [-0.2, -0.15) is 0 Å². The highest BCUT2D eigenvalue weighted by atomic mass is 16.7. The molecule has 0 aliphatic carbocycles. The van der Waals surface area contributed by atoms with Gasteiger partial charge in [0.25, 0.3) is 0 Å². The molecule has 8 heteroatoms. The van der Waals surface area contributed by atoms with Crippen LogP contribution in [0.2, 0.25) is 0 Å². The molecule has 0 N–H and O–H groups in total. The predicted octanol–water partition coefficient (Wildman–Crippen LogP) is 3.86. The van der Waals surface area contributed by atoms with Gasteiger partial charge in [-0.25, -0.2) is 0 Å². The van der Waals surface area contributed by atoms with Crippen LogP contribution in [0, 0.1) is 11.8 Å². The second kappa shape index (κ2) is 9.60. The Kier molecular flexibility index (Phi) is 6.62. The van der Waals surface area contributed by atoms with Crippen LogP contribution in [0.1, 0.15) is 26.7 Å². The number of ether oxygens (including phenoxy) is 4. The Hall–Kier alpha value is -3.42. The molecular formula is C25H30N2O6. The molecule has 8 nitrogen and oxygen atoms in total. The fourth-order valence-corrected chi connectivity index (χ4v) is 4.22. The average molecular weight is 455 g/mol. The van der Waals surface area contributed by atoms with Gasteiger partial charge in [0.2, 0.25) is 18.6 Å². The number of amides is 2. The molecular weight excluding hydrogens is 424 g/mol. The quantitative estimate of drug-likeness (QED) is 0.698. The third-order valence-electron chi connectivity index (χ3n) is 6.40. The lowest BCUT2D eigenvalue weighted by atomic mass is 10.0. The highest BCUT2D eigenvalue weighted by Crippen LogP contribution is 2.38. The van der Waals surface area contributed by atoms with Crippen LogP contribution in [0.4, 0.5) is 11.4 Å². The molecule has 3 aliphatic heterocycles. The van der Waals surface area contributed by atoms with Crippen LogP contribution in [0.25, 0.3) is 0 Å². The number of fused-ring (bicyclic) bond motifs is 1. The van der Waals surface area contributed by atoms with Gasteiger partial charge in [-0.05, 0) is 36.6 Å². The third kappa shape index (κ3) is 4.55. The van der Waals surface area contributed by atoms with Gasteiger partial charge in [0.05, 0.1) is 19.9 Å². The maximum absolute atomic E-state index is 12.1. The van der Waals surface area contributed by atoms with Gasteiger partial charge in [-0.3, -0.25) is 9.59 Å². The monoisotopic (exact) mass is 454 g/mol. The number of anilines is 2. The van der Waals surface area contributed by atoms with Crippen LogP contribution in [0.15, 0.2) is 36.4 Å². The molecule has 0 saturated carbocycles. The van der Waals surface area contributed by atoms with Gasteiger partial charge >= 0.3 is 0 Å². The van der Waals surface area contributed by atoms with Crippen LogP contribution in [0.3, 0.4) is 0 Å². The van der Waals surface area contributed by atoms with E-state index in [1.54, 1.807) is 19.1 Å². The lowest BCUT2D eigenvalue weighted by molar-refractivity contribution is -0.120. The summed E-state index contributed by atoms with van der Waals surface area (Å²) < 4.78 is 21.0. The molecule has 5 rings (SSSR count). The first-order valence-electron chi connectivity index (χ1n) is 11.2. The summed E-state index contributed by atoms with van der Waals surface area (Å²) in [5.74, 6) is 3.74. The van der Waals surface area contributed by atoms with Crippen LogP contribution < -0.4 is 28.7 Å². The second-order valence-corrected chi connectivity index (χ2v) is 8.44. The van der Waals surface area contributed by atoms with Gasteiger partial charge in [-0.15, -0.1) is 0 Å². The van der Waals surface area contributed by atoms with E-state index in [9.17, 15) is 9.59 Å². The summed E-state index contributed by atoms with van der Waals surface area (Å²) >= 11 is 0. The van der Waals surface area contributed by atoms with Crippen molar-refractivity contribution in [1.82, 2.24) is 0 Å². The molecule has 0 aromatic heterocycles. The first-order chi connectivity index (χ1) is 15.9. The van der Waals surface area contributed by atoms with E-state index < -0.39 is 0 Å². The minimum atomic E-state index is 0.0976. The predicted molar refractivity (Wildman–Crippen MR) is 124 cm³/mol. The smallest absolute Gasteiger partial charge is 0.231 e. The second-order valence-electron chi connectivity index (χ2n) is 8.44. The van der Waals surface area contributed by atoms with Crippen molar-refractivity contribution in [1.29, 1.82) is 0 Å². The topological polar surface area (TPSA) is 77.5 Å². The minimum absolute atomic E-state index is 0.0976. The normalized spacial score (nSPS) is 21.2. The summed E-state index contributed by atoms with van der Waals surface area (Å²) in [7, 11) is 3.21. The number of hydrogen-bond acceptors (Lipinski definition) is 6. The van der Waals surface area contributed by atoms with E-state index in [1.807, 2.05) is 48.2 Å². The molecule has 2 aromatic rings. The first-order valence-corrected chi connectivity index (χ1v) is 11.2. The maximum Gasteiger partial charge on any atom is 0.231 e. The summed E-state index contributed by atoms with van der Waals surface area (Å²) in [4.78, 5) is 27.3. The highest BCUT2D eigenvalue weighted by Gasteiger charge is 2.35. The van der Waals surface area contributed by atoms with Crippen molar-refractivity contribution < 1.29 is 28.5 Å². The van der Waals surface area contributed by atoms with Crippen molar-refractivity contribution in [3.63, 3.8) is 0 Å². The summed E-state index contributed by atoms with van der Waals surface area (Å²) in [6, 6.07) is 11.1. The van der Waals surface area contributed by atoms with Gasteiger partial charge in [0.15, 0.2) is 11.5 Å². The van der Waals surface area contributed by atoms with E-state index in [2.05, 4.69) is 6.92 Å². The molecule has 2 atom stereocenters. The number of methoxy groups -OCH3 is 2. The molecule has 176 valence electrons. The number of carbonyl (C=O) groups excluding carboxylic acids is 2. The fourth-order valence-electron chi connectivity index (χ4n) is 4.22. The molecule has 0 bridgehead atoms. The average Bonchev–Trinajstić information content (AvgIpc) is 3.54. The minimum Gasteiger partial charge on any atom is -0.497 e. The van der Waals surface area contributed by atoms with E-state index in [-0.39, 0.29) is 24.5 Å². The van der Waals surface area contributed by atoms with Crippen LogP contribution in [-0.2, 0) is 9.59 Å². The van der Waals surface area contributed by atoms with Gasteiger partial charge < -0.3 is 28.7 Å². The Labute approximate surface area is 194 Å².